The summed E-state index contributed by atoms with van der Waals surface area (Å²) in [5.74, 6) is -1.11. The summed E-state index contributed by atoms with van der Waals surface area (Å²) >= 11 is 0. The molecule has 92 valence electrons. The molecule has 1 N–H and O–H groups in total. The van der Waals surface area contributed by atoms with Crippen molar-refractivity contribution in [1.82, 2.24) is 0 Å². The fraction of sp³-hybridized carbons (Fsp3) is 0.429. The molecule has 0 unspecified atom stereocenters. The van der Waals surface area contributed by atoms with Gasteiger partial charge in [0.15, 0.2) is 5.78 Å². The molecule has 3 heteroatoms. The Morgan fingerprint density at radius 3 is 2.47 bits per heavy atom. The lowest BCUT2D eigenvalue weighted by atomic mass is 9.97. The SMILES string of the molecule is CCCCCC(=O)c1cc(C)ccc1C(=O)O. The highest BCUT2D eigenvalue weighted by Crippen LogP contribution is 2.15. The summed E-state index contributed by atoms with van der Waals surface area (Å²) in [5.41, 5.74) is 1.36. The van der Waals surface area contributed by atoms with Crippen molar-refractivity contribution < 1.29 is 14.7 Å². The van der Waals surface area contributed by atoms with E-state index in [1.807, 2.05) is 6.92 Å². The van der Waals surface area contributed by atoms with Crippen LogP contribution in [0.3, 0.4) is 0 Å². The zero-order chi connectivity index (χ0) is 12.8. The number of Topliss-reactive ketones (excluding diaryl/α,β-unsaturated/α-hetero) is 1. The molecular weight excluding hydrogens is 216 g/mol. The second kappa shape index (κ2) is 6.18. The maximum atomic E-state index is 11.9. The lowest BCUT2D eigenvalue weighted by molar-refractivity contribution is 0.0691. The third-order valence-electron chi connectivity index (χ3n) is 2.71. The molecule has 0 fully saturated rings. The molecule has 1 aromatic rings. The quantitative estimate of drug-likeness (QED) is 0.605. The van der Waals surface area contributed by atoms with Crippen molar-refractivity contribution in [2.45, 2.75) is 39.5 Å². The molecule has 0 aliphatic carbocycles. The maximum Gasteiger partial charge on any atom is 0.336 e. The predicted octanol–water partition coefficient (Wildman–Crippen LogP) is 3.46. The number of aryl methyl sites for hydroxylation is 1. The number of carbonyl (C=O) groups is 2. The van der Waals surface area contributed by atoms with Crippen molar-refractivity contribution in [3.63, 3.8) is 0 Å². The summed E-state index contributed by atoms with van der Waals surface area (Å²) < 4.78 is 0. The van der Waals surface area contributed by atoms with E-state index in [2.05, 4.69) is 6.92 Å². The topological polar surface area (TPSA) is 54.4 Å². The molecule has 0 saturated heterocycles. The normalized spacial score (nSPS) is 10.2. The van der Waals surface area contributed by atoms with Crippen LogP contribution in [-0.2, 0) is 0 Å². The third-order valence-corrected chi connectivity index (χ3v) is 2.71. The van der Waals surface area contributed by atoms with Gasteiger partial charge >= 0.3 is 5.97 Å². The first-order valence-corrected chi connectivity index (χ1v) is 5.93. The van der Waals surface area contributed by atoms with Crippen molar-refractivity contribution in [3.8, 4) is 0 Å². The van der Waals surface area contributed by atoms with Crippen LogP contribution >= 0.6 is 0 Å². The molecule has 0 spiro atoms. The fourth-order valence-corrected chi connectivity index (χ4v) is 1.75. The van der Waals surface area contributed by atoms with Gasteiger partial charge in [-0.15, -0.1) is 0 Å². The van der Waals surface area contributed by atoms with Gasteiger partial charge < -0.3 is 5.11 Å². The van der Waals surface area contributed by atoms with Gasteiger partial charge in [-0.1, -0.05) is 31.4 Å². The molecule has 0 amide bonds. The fourth-order valence-electron chi connectivity index (χ4n) is 1.75. The largest absolute Gasteiger partial charge is 0.478 e. The number of aromatic carboxylic acids is 1. The van der Waals surface area contributed by atoms with E-state index in [0.717, 1.165) is 24.8 Å². The Hall–Kier alpha value is -1.64. The molecule has 0 aliphatic rings. The molecule has 17 heavy (non-hydrogen) atoms. The average Bonchev–Trinajstić information content (AvgIpc) is 2.28. The zero-order valence-electron chi connectivity index (χ0n) is 10.3. The number of unbranched alkanes of at least 4 members (excludes halogenated alkanes) is 2. The molecule has 1 aromatic carbocycles. The lowest BCUT2D eigenvalue weighted by Gasteiger charge is -2.06. The summed E-state index contributed by atoms with van der Waals surface area (Å²) in [7, 11) is 0. The van der Waals surface area contributed by atoms with Crippen molar-refractivity contribution in [1.29, 1.82) is 0 Å². The Labute approximate surface area is 101 Å². The van der Waals surface area contributed by atoms with E-state index < -0.39 is 5.97 Å². The molecule has 0 saturated carbocycles. The zero-order valence-corrected chi connectivity index (χ0v) is 10.3. The van der Waals surface area contributed by atoms with Gasteiger partial charge in [-0.2, -0.15) is 0 Å². The Kier molecular flexibility index (Phi) is 4.88. The molecule has 0 aromatic heterocycles. The van der Waals surface area contributed by atoms with Gasteiger partial charge in [-0.3, -0.25) is 4.79 Å². The number of carboxylic acid groups (broad SMARTS) is 1. The number of hydrogen-bond acceptors (Lipinski definition) is 2. The summed E-state index contributed by atoms with van der Waals surface area (Å²) in [5, 5.41) is 9.02. The van der Waals surface area contributed by atoms with E-state index >= 15 is 0 Å². The van der Waals surface area contributed by atoms with Crippen LogP contribution in [0.4, 0.5) is 0 Å². The van der Waals surface area contributed by atoms with Gasteiger partial charge in [-0.05, 0) is 25.5 Å². The van der Waals surface area contributed by atoms with Crippen molar-refractivity contribution in [3.05, 3.63) is 34.9 Å². The molecule has 0 bridgehead atoms. The Balaban J connectivity index is 2.90. The van der Waals surface area contributed by atoms with Gasteiger partial charge in [0, 0.05) is 12.0 Å². The molecule has 0 radical (unpaired) electrons. The monoisotopic (exact) mass is 234 g/mol. The van der Waals surface area contributed by atoms with Gasteiger partial charge in [0.25, 0.3) is 0 Å². The van der Waals surface area contributed by atoms with Crippen LogP contribution in [0.5, 0.6) is 0 Å². The van der Waals surface area contributed by atoms with Crippen LogP contribution in [0.15, 0.2) is 18.2 Å². The maximum absolute atomic E-state index is 11.9. The van der Waals surface area contributed by atoms with E-state index in [1.54, 1.807) is 12.1 Å². The van der Waals surface area contributed by atoms with E-state index in [4.69, 9.17) is 5.11 Å². The standard InChI is InChI=1S/C14H18O3/c1-3-4-5-6-13(15)12-9-10(2)7-8-11(12)14(16)17/h7-9H,3-6H2,1-2H3,(H,16,17). The van der Waals surface area contributed by atoms with Gasteiger partial charge in [0.1, 0.15) is 0 Å². The van der Waals surface area contributed by atoms with Crippen LogP contribution in [-0.4, -0.2) is 16.9 Å². The van der Waals surface area contributed by atoms with E-state index in [1.165, 1.54) is 6.07 Å². The van der Waals surface area contributed by atoms with Gasteiger partial charge in [0.05, 0.1) is 5.56 Å². The van der Waals surface area contributed by atoms with Crippen LogP contribution in [0.1, 0.15) is 58.9 Å². The number of rotatable bonds is 6. The second-order valence-corrected chi connectivity index (χ2v) is 4.23. The van der Waals surface area contributed by atoms with Crippen molar-refractivity contribution >= 4 is 11.8 Å². The second-order valence-electron chi connectivity index (χ2n) is 4.23. The molecule has 0 atom stereocenters. The number of ketones is 1. The number of hydrogen-bond donors (Lipinski definition) is 1. The molecule has 0 heterocycles. The number of carbonyl (C=O) groups excluding carboxylic acids is 1. The highest BCUT2D eigenvalue weighted by Gasteiger charge is 2.15. The first-order valence-electron chi connectivity index (χ1n) is 5.93. The minimum Gasteiger partial charge on any atom is -0.478 e. The van der Waals surface area contributed by atoms with Crippen LogP contribution in [0, 0.1) is 6.92 Å². The summed E-state index contributed by atoms with van der Waals surface area (Å²) in [6.07, 6.45) is 3.30. The van der Waals surface area contributed by atoms with Gasteiger partial charge in [-0.25, -0.2) is 4.79 Å². The Morgan fingerprint density at radius 1 is 1.18 bits per heavy atom. The third kappa shape index (κ3) is 3.70. The summed E-state index contributed by atoms with van der Waals surface area (Å²) in [6, 6.07) is 4.88. The van der Waals surface area contributed by atoms with E-state index in [-0.39, 0.29) is 11.3 Å². The minimum atomic E-state index is -1.04. The Bertz CT molecular complexity index is 421. The molecular formula is C14H18O3. The van der Waals surface area contributed by atoms with Crippen LogP contribution in [0.2, 0.25) is 0 Å². The van der Waals surface area contributed by atoms with Crippen molar-refractivity contribution in [2.75, 3.05) is 0 Å². The van der Waals surface area contributed by atoms with Crippen LogP contribution in [0.25, 0.3) is 0 Å². The first-order chi connectivity index (χ1) is 8.06. The van der Waals surface area contributed by atoms with Crippen molar-refractivity contribution in [2.24, 2.45) is 0 Å². The smallest absolute Gasteiger partial charge is 0.336 e. The van der Waals surface area contributed by atoms with E-state index in [9.17, 15) is 9.59 Å². The molecule has 1 rings (SSSR count). The van der Waals surface area contributed by atoms with Crippen LogP contribution < -0.4 is 0 Å². The summed E-state index contributed by atoms with van der Waals surface area (Å²) in [4.78, 5) is 22.9. The first kappa shape index (κ1) is 13.4. The summed E-state index contributed by atoms with van der Waals surface area (Å²) in [6.45, 7) is 3.92. The number of carboxylic acids is 1. The molecule has 0 aliphatic heterocycles. The van der Waals surface area contributed by atoms with Gasteiger partial charge in [0.2, 0.25) is 0 Å². The average molecular weight is 234 g/mol. The Morgan fingerprint density at radius 2 is 1.88 bits per heavy atom. The minimum absolute atomic E-state index is 0.0699. The molecule has 3 nitrogen and oxygen atoms in total. The predicted molar refractivity (Wildman–Crippen MR) is 66.6 cm³/mol. The lowest BCUT2D eigenvalue weighted by Crippen LogP contribution is -2.09. The number of benzene rings is 1. The highest BCUT2D eigenvalue weighted by atomic mass is 16.4. The highest BCUT2D eigenvalue weighted by molar-refractivity contribution is 6.05. The van der Waals surface area contributed by atoms with E-state index in [0.29, 0.717) is 12.0 Å².